The molecule has 0 spiro atoms. The molecule has 160 valence electrons. The summed E-state index contributed by atoms with van der Waals surface area (Å²) in [6, 6.07) is 1.86. The van der Waals surface area contributed by atoms with Crippen LogP contribution in [0, 0.1) is 0 Å². The summed E-state index contributed by atoms with van der Waals surface area (Å²) in [5.41, 5.74) is 12.4. The van der Waals surface area contributed by atoms with Crippen molar-refractivity contribution in [2.45, 2.75) is 51.4 Å². The van der Waals surface area contributed by atoms with Crippen LogP contribution in [0.2, 0.25) is 0 Å². The van der Waals surface area contributed by atoms with Gasteiger partial charge in [-0.3, -0.25) is 5.73 Å². The lowest BCUT2D eigenvalue weighted by molar-refractivity contribution is -0.204. The van der Waals surface area contributed by atoms with Gasteiger partial charge >= 0.3 is 18.1 Å². The fourth-order valence-corrected chi connectivity index (χ4v) is 3.73. The van der Waals surface area contributed by atoms with Gasteiger partial charge in [0.1, 0.15) is 5.84 Å². The van der Waals surface area contributed by atoms with Crippen LogP contribution in [0.3, 0.4) is 0 Å². The molecule has 1 aliphatic heterocycles. The number of ether oxygens (including phenoxy) is 2. The Hall–Kier alpha value is -2.40. The number of amidine groups is 1. The van der Waals surface area contributed by atoms with Crippen molar-refractivity contribution in [3.63, 3.8) is 0 Å². The second-order valence-corrected chi connectivity index (χ2v) is 7.49. The minimum absolute atomic E-state index is 0.116. The van der Waals surface area contributed by atoms with Crippen molar-refractivity contribution in [2.75, 3.05) is 6.61 Å². The maximum absolute atomic E-state index is 12.1. The third kappa shape index (κ3) is 6.86. The number of alkyl halides is 3. The highest BCUT2D eigenvalue weighted by molar-refractivity contribution is 7.13. The number of unbranched alkanes of at least 4 members (excludes halogenated alkanes) is 1. The zero-order chi connectivity index (χ0) is 21.6. The lowest BCUT2D eigenvalue weighted by Crippen LogP contribution is -2.34. The highest BCUT2D eigenvalue weighted by Gasteiger charge is 2.41. The molecular weight excluding hydrogens is 411 g/mol. The first-order valence-electron chi connectivity index (χ1n) is 8.97. The second-order valence-electron chi connectivity index (χ2n) is 6.32. The zero-order valence-corrected chi connectivity index (χ0v) is 16.6. The van der Waals surface area contributed by atoms with Crippen molar-refractivity contribution in [1.82, 2.24) is 0 Å². The molecule has 1 unspecified atom stereocenters. The number of nitrogens with two attached hydrogens (primary N) is 2. The van der Waals surface area contributed by atoms with Gasteiger partial charge in [0.05, 0.1) is 17.2 Å². The van der Waals surface area contributed by atoms with Crippen molar-refractivity contribution in [2.24, 2.45) is 16.5 Å². The van der Waals surface area contributed by atoms with Crippen LogP contribution >= 0.6 is 11.3 Å². The fraction of sp³-hybridized carbons (Fsp3) is 0.500. The van der Waals surface area contributed by atoms with Crippen LogP contribution in [0.15, 0.2) is 16.6 Å². The highest BCUT2D eigenvalue weighted by Crippen LogP contribution is 2.35. The van der Waals surface area contributed by atoms with E-state index >= 15 is 0 Å². The molecule has 11 heteroatoms. The van der Waals surface area contributed by atoms with Crippen molar-refractivity contribution in [1.29, 1.82) is 0 Å². The first-order chi connectivity index (χ1) is 13.6. The van der Waals surface area contributed by atoms with Gasteiger partial charge in [0, 0.05) is 16.9 Å². The molecule has 0 saturated carbocycles. The summed E-state index contributed by atoms with van der Waals surface area (Å²) in [4.78, 5) is 28.8. The van der Waals surface area contributed by atoms with E-state index in [0.29, 0.717) is 36.4 Å². The summed E-state index contributed by atoms with van der Waals surface area (Å²) in [5, 5.41) is 0. The number of aliphatic imine (C=N–C) groups is 1. The van der Waals surface area contributed by atoms with Crippen molar-refractivity contribution < 1.29 is 32.2 Å². The smallest absolute Gasteiger partial charge is 0.463 e. The van der Waals surface area contributed by atoms with E-state index in [-0.39, 0.29) is 19.4 Å². The van der Waals surface area contributed by atoms with Gasteiger partial charge in [-0.15, -0.1) is 11.3 Å². The second kappa shape index (κ2) is 9.88. The Morgan fingerprint density at radius 3 is 2.72 bits per heavy atom. The summed E-state index contributed by atoms with van der Waals surface area (Å²) in [7, 11) is 0. The van der Waals surface area contributed by atoms with Gasteiger partial charge in [0.2, 0.25) is 0 Å². The molecule has 0 fully saturated rings. The number of carbonyl (C=O) groups excluding carboxylic acids is 2. The minimum atomic E-state index is -5.05. The first-order valence-corrected chi connectivity index (χ1v) is 9.78. The SMILES string of the molecule is CCOC(=O)C1=Cc2sc(CCCCC(N)OC(=O)C(F)(F)F)cc2N=C(N)C1. The average Bonchev–Trinajstić information content (AvgIpc) is 2.91. The molecule has 0 saturated heterocycles. The third-order valence-corrected chi connectivity index (χ3v) is 5.05. The maximum atomic E-state index is 12.1. The number of thiophene rings is 1. The van der Waals surface area contributed by atoms with Gasteiger partial charge < -0.3 is 15.2 Å². The largest absolute Gasteiger partial charge is 0.490 e. The number of carbonyl (C=O) groups is 2. The Bertz CT molecular complexity index is 818. The quantitative estimate of drug-likeness (QED) is 0.369. The van der Waals surface area contributed by atoms with E-state index in [1.54, 1.807) is 13.0 Å². The number of esters is 2. The van der Waals surface area contributed by atoms with E-state index in [2.05, 4.69) is 9.73 Å². The highest BCUT2D eigenvalue weighted by atomic mass is 32.1. The van der Waals surface area contributed by atoms with Gasteiger partial charge in [-0.1, -0.05) is 0 Å². The average molecular weight is 433 g/mol. The molecule has 0 radical (unpaired) electrons. The molecular formula is C18H22F3N3O4S. The Morgan fingerprint density at radius 2 is 2.07 bits per heavy atom. The molecule has 0 amide bonds. The molecule has 1 aliphatic rings. The number of nitrogens with zero attached hydrogens (tertiary/aromatic N) is 1. The molecule has 7 nitrogen and oxygen atoms in total. The monoisotopic (exact) mass is 433 g/mol. The fourth-order valence-electron chi connectivity index (χ4n) is 2.62. The summed E-state index contributed by atoms with van der Waals surface area (Å²) in [5.74, 6) is -2.41. The van der Waals surface area contributed by atoms with Crippen LogP contribution < -0.4 is 11.5 Å². The van der Waals surface area contributed by atoms with Crippen molar-refractivity contribution >= 4 is 40.9 Å². The first kappa shape index (κ1) is 22.9. The number of hydrogen-bond acceptors (Lipinski definition) is 8. The number of fused-ring (bicyclic) bond motifs is 1. The molecule has 29 heavy (non-hydrogen) atoms. The Labute approximate surface area is 169 Å². The third-order valence-electron chi connectivity index (χ3n) is 3.92. The van der Waals surface area contributed by atoms with E-state index < -0.39 is 24.3 Å². The van der Waals surface area contributed by atoms with E-state index in [4.69, 9.17) is 16.2 Å². The standard InChI is InChI=1S/C18H22F3N3O4S/c1-2-27-16(25)10-7-13-12(24-14(22)8-10)9-11(29-13)5-3-4-6-15(23)28-17(26)18(19,20)21/h7,9,15H,2-6,8,23H2,1H3,(H2,22,24). The van der Waals surface area contributed by atoms with Crippen molar-refractivity contribution in [3.8, 4) is 0 Å². The zero-order valence-electron chi connectivity index (χ0n) is 15.8. The molecule has 1 aromatic heterocycles. The van der Waals surface area contributed by atoms with Crippen LogP contribution in [-0.4, -0.2) is 36.8 Å². The van der Waals surface area contributed by atoms with Gasteiger partial charge in [-0.05, 0) is 44.7 Å². The number of rotatable bonds is 8. The van der Waals surface area contributed by atoms with Crippen LogP contribution in [0.1, 0.15) is 42.4 Å². The van der Waals surface area contributed by atoms with Crippen LogP contribution in [0.25, 0.3) is 6.08 Å². The molecule has 4 N–H and O–H groups in total. The number of halogens is 3. The van der Waals surface area contributed by atoms with Crippen LogP contribution in [0.5, 0.6) is 0 Å². The Kier molecular flexibility index (Phi) is 7.80. The molecule has 2 rings (SSSR count). The number of hydrogen-bond donors (Lipinski definition) is 2. The van der Waals surface area contributed by atoms with Gasteiger partial charge in [0.25, 0.3) is 0 Å². The van der Waals surface area contributed by atoms with E-state index in [1.807, 2.05) is 6.07 Å². The molecule has 2 heterocycles. The van der Waals surface area contributed by atoms with E-state index in [9.17, 15) is 22.8 Å². The number of aryl methyl sites for hydroxylation is 1. The summed E-state index contributed by atoms with van der Waals surface area (Å²) >= 11 is 1.45. The lowest BCUT2D eigenvalue weighted by Gasteiger charge is -2.13. The Balaban J connectivity index is 1.91. The molecule has 1 atom stereocenters. The molecule has 1 aromatic rings. The van der Waals surface area contributed by atoms with Crippen molar-refractivity contribution in [3.05, 3.63) is 21.4 Å². The summed E-state index contributed by atoms with van der Waals surface area (Å²) in [6.45, 7) is 1.98. The van der Waals surface area contributed by atoms with E-state index in [0.717, 1.165) is 9.75 Å². The predicted octanol–water partition coefficient (Wildman–Crippen LogP) is 3.19. The lowest BCUT2D eigenvalue weighted by atomic mass is 10.1. The van der Waals surface area contributed by atoms with Gasteiger partial charge in [-0.25, -0.2) is 14.6 Å². The normalized spacial score (nSPS) is 14.9. The van der Waals surface area contributed by atoms with E-state index in [1.165, 1.54) is 11.3 Å². The topological polar surface area (TPSA) is 117 Å². The molecule has 0 bridgehead atoms. The van der Waals surface area contributed by atoms with Crippen LogP contribution in [-0.2, 0) is 25.5 Å². The summed E-state index contributed by atoms with van der Waals surface area (Å²) < 4.78 is 45.6. The van der Waals surface area contributed by atoms with Gasteiger partial charge in [-0.2, -0.15) is 13.2 Å². The Morgan fingerprint density at radius 1 is 1.34 bits per heavy atom. The van der Waals surface area contributed by atoms with Crippen LogP contribution in [0.4, 0.5) is 18.9 Å². The predicted molar refractivity (Wildman–Crippen MR) is 103 cm³/mol. The maximum Gasteiger partial charge on any atom is 0.490 e. The molecule has 0 aliphatic carbocycles. The minimum Gasteiger partial charge on any atom is -0.463 e. The summed E-state index contributed by atoms with van der Waals surface area (Å²) in [6.07, 6.45) is -2.56. The molecule has 0 aromatic carbocycles. The van der Waals surface area contributed by atoms with Gasteiger partial charge in [0.15, 0.2) is 6.23 Å².